The highest BCUT2D eigenvalue weighted by molar-refractivity contribution is 7.91. The van der Waals surface area contributed by atoms with Gasteiger partial charge in [0.25, 0.3) is 0 Å². The lowest BCUT2D eigenvalue weighted by Crippen LogP contribution is -2.38. The van der Waals surface area contributed by atoms with Gasteiger partial charge in [-0.2, -0.15) is 13.2 Å². The molecule has 1 atom stereocenters. The van der Waals surface area contributed by atoms with Gasteiger partial charge in [-0.1, -0.05) is 35.3 Å². The van der Waals surface area contributed by atoms with Crippen LogP contribution in [0.4, 0.5) is 24.5 Å². The van der Waals surface area contributed by atoms with Crippen LogP contribution in [0.2, 0.25) is 10.0 Å². The van der Waals surface area contributed by atoms with E-state index >= 15 is 0 Å². The van der Waals surface area contributed by atoms with Gasteiger partial charge in [-0.15, -0.1) is 0 Å². The fourth-order valence-electron chi connectivity index (χ4n) is 2.95. The van der Waals surface area contributed by atoms with E-state index in [2.05, 4.69) is 5.32 Å². The lowest BCUT2D eigenvalue weighted by molar-refractivity contribution is -0.174. The highest BCUT2D eigenvalue weighted by Crippen LogP contribution is 2.33. The van der Waals surface area contributed by atoms with E-state index in [0.717, 1.165) is 0 Å². The van der Waals surface area contributed by atoms with Gasteiger partial charge in [0.1, 0.15) is 0 Å². The number of carbonyl (C=O) groups is 1. The van der Waals surface area contributed by atoms with E-state index in [-0.39, 0.29) is 15.5 Å². The van der Waals surface area contributed by atoms with Gasteiger partial charge >= 0.3 is 12.1 Å². The summed E-state index contributed by atoms with van der Waals surface area (Å²) in [6.07, 6.45) is -5.01. The summed E-state index contributed by atoms with van der Waals surface area (Å²) in [5, 5.41) is 5.66. The largest absolute Gasteiger partial charge is 0.471 e. The van der Waals surface area contributed by atoms with Crippen LogP contribution in [0.25, 0.3) is 0 Å². The number of carbonyl (C=O) groups excluding carboxylic acids is 1. The Morgan fingerprint density at radius 3 is 2.06 bits per heavy atom. The van der Waals surface area contributed by atoms with Crippen LogP contribution in [0, 0.1) is 0 Å². The SMILES string of the molecule is CC(NC(=O)C(F)(F)F)c1ccc(S(=O)(=O)c2ccc(Cl)cc2Nc2ccc(Cl)cc2)cc1. The standard InChI is InChI=1S/C22H17Cl2F3N2O3S/c1-13(28-21(30)22(25,26)27)14-2-9-18(10-3-14)33(31,32)20-11-6-16(24)12-19(20)29-17-7-4-15(23)5-8-17/h2-13,29H,1H3,(H,28,30). The molecule has 5 nitrogen and oxygen atoms in total. The number of sulfone groups is 1. The summed E-state index contributed by atoms with van der Waals surface area (Å²) < 4.78 is 63.9. The van der Waals surface area contributed by atoms with E-state index in [9.17, 15) is 26.4 Å². The number of nitrogens with one attached hydrogen (secondary N) is 2. The molecule has 33 heavy (non-hydrogen) atoms. The second kappa shape index (κ2) is 9.62. The minimum absolute atomic E-state index is 0.0481. The molecule has 2 N–H and O–H groups in total. The van der Waals surface area contributed by atoms with Gasteiger partial charge in [-0.05, 0) is 67.1 Å². The number of halogens is 5. The molecule has 0 aliphatic rings. The Bertz CT molecular complexity index is 1260. The lowest BCUT2D eigenvalue weighted by Gasteiger charge is -2.17. The molecule has 0 aliphatic heterocycles. The average Bonchev–Trinajstić information content (AvgIpc) is 2.74. The molecular weight excluding hydrogens is 500 g/mol. The van der Waals surface area contributed by atoms with Crippen molar-refractivity contribution in [3.05, 3.63) is 82.3 Å². The van der Waals surface area contributed by atoms with Gasteiger partial charge in [0.2, 0.25) is 9.84 Å². The van der Waals surface area contributed by atoms with Crippen LogP contribution in [0.1, 0.15) is 18.5 Å². The molecule has 1 unspecified atom stereocenters. The van der Waals surface area contributed by atoms with Crippen molar-refractivity contribution >= 4 is 50.3 Å². The molecule has 0 fully saturated rings. The zero-order valence-electron chi connectivity index (χ0n) is 17.0. The summed E-state index contributed by atoms with van der Waals surface area (Å²) >= 11 is 11.9. The number of amides is 1. The number of alkyl halides is 3. The monoisotopic (exact) mass is 516 g/mol. The first-order valence-electron chi connectivity index (χ1n) is 9.43. The van der Waals surface area contributed by atoms with Gasteiger partial charge in [-0.25, -0.2) is 8.42 Å². The molecule has 0 spiro atoms. The maximum Gasteiger partial charge on any atom is 0.471 e. The molecular formula is C22H17Cl2F3N2O3S. The van der Waals surface area contributed by atoms with Gasteiger partial charge in [0.05, 0.1) is 21.5 Å². The van der Waals surface area contributed by atoms with Gasteiger partial charge in [-0.3, -0.25) is 4.79 Å². The van der Waals surface area contributed by atoms with Crippen molar-refractivity contribution < 1.29 is 26.4 Å². The number of benzene rings is 3. The molecule has 0 saturated carbocycles. The number of hydrogen-bond donors (Lipinski definition) is 2. The van der Waals surface area contributed by atoms with Crippen LogP contribution in [0.15, 0.2) is 76.5 Å². The smallest absolute Gasteiger partial charge is 0.354 e. The Morgan fingerprint density at radius 2 is 1.48 bits per heavy atom. The van der Waals surface area contributed by atoms with E-state index in [1.807, 2.05) is 5.32 Å². The lowest BCUT2D eigenvalue weighted by atomic mass is 10.1. The Balaban J connectivity index is 1.90. The van der Waals surface area contributed by atoms with Crippen LogP contribution in [0.3, 0.4) is 0 Å². The van der Waals surface area contributed by atoms with Crippen molar-refractivity contribution in [1.82, 2.24) is 5.32 Å². The zero-order chi connectivity index (χ0) is 24.4. The van der Waals surface area contributed by atoms with Gasteiger partial charge in [0, 0.05) is 15.7 Å². The number of rotatable bonds is 6. The molecule has 3 aromatic carbocycles. The van der Waals surface area contributed by atoms with Gasteiger partial charge < -0.3 is 10.6 Å². The Labute approximate surface area is 198 Å². The molecule has 3 aromatic rings. The zero-order valence-corrected chi connectivity index (χ0v) is 19.3. The van der Waals surface area contributed by atoms with E-state index < -0.39 is 28.0 Å². The number of hydrogen-bond acceptors (Lipinski definition) is 4. The third-order valence-corrected chi connectivity index (χ3v) is 6.96. The van der Waals surface area contributed by atoms with Crippen LogP contribution in [-0.4, -0.2) is 20.5 Å². The molecule has 0 bridgehead atoms. The molecule has 0 radical (unpaired) electrons. The summed E-state index contributed by atoms with van der Waals surface area (Å²) in [4.78, 5) is 11.0. The quantitative estimate of drug-likeness (QED) is 0.402. The van der Waals surface area contributed by atoms with Crippen LogP contribution < -0.4 is 10.6 Å². The molecule has 0 heterocycles. The van der Waals surface area contributed by atoms with Crippen molar-refractivity contribution in [2.75, 3.05) is 5.32 Å². The van der Waals surface area contributed by atoms with E-state index in [1.54, 1.807) is 24.3 Å². The molecule has 3 rings (SSSR count). The minimum atomic E-state index is -5.01. The third-order valence-electron chi connectivity index (χ3n) is 4.65. The summed E-state index contributed by atoms with van der Waals surface area (Å²) in [6, 6.07) is 15.1. The van der Waals surface area contributed by atoms with Crippen molar-refractivity contribution in [2.45, 2.75) is 28.9 Å². The Morgan fingerprint density at radius 1 is 0.909 bits per heavy atom. The summed E-state index contributed by atoms with van der Waals surface area (Å²) in [7, 11) is -4.02. The highest BCUT2D eigenvalue weighted by atomic mass is 35.5. The normalized spacial score (nSPS) is 12.8. The van der Waals surface area contributed by atoms with E-state index in [4.69, 9.17) is 23.2 Å². The summed E-state index contributed by atoms with van der Waals surface area (Å²) in [6.45, 7) is 1.36. The average molecular weight is 517 g/mol. The predicted octanol–water partition coefficient (Wildman–Crippen LogP) is 6.31. The van der Waals surface area contributed by atoms with Crippen molar-refractivity contribution in [3.63, 3.8) is 0 Å². The second-order valence-electron chi connectivity index (χ2n) is 7.04. The molecule has 11 heteroatoms. The Kier molecular flexibility index (Phi) is 7.26. The summed E-state index contributed by atoms with van der Waals surface area (Å²) in [5.74, 6) is -2.08. The molecule has 0 aromatic heterocycles. The first kappa shape index (κ1) is 24.9. The summed E-state index contributed by atoms with van der Waals surface area (Å²) in [5.41, 5.74) is 1.13. The maximum atomic E-state index is 13.3. The number of anilines is 2. The predicted molar refractivity (Wildman–Crippen MR) is 121 cm³/mol. The maximum absolute atomic E-state index is 13.3. The van der Waals surface area contributed by atoms with Crippen molar-refractivity contribution in [1.29, 1.82) is 0 Å². The fourth-order valence-corrected chi connectivity index (χ4v) is 4.64. The van der Waals surface area contributed by atoms with Crippen LogP contribution >= 0.6 is 23.2 Å². The van der Waals surface area contributed by atoms with Gasteiger partial charge in [0.15, 0.2) is 0 Å². The third kappa shape index (κ3) is 5.98. The first-order valence-corrected chi connectivity index (χ1v) is 11.7. The second-order valence-corrected chi connectivity index (χ2v) is 9.83. The molecule has 0 aliphatic carbocycles. The molecule has 1 amide bonds. The van der Waals surface area contributed by atoms with Crippen LogP contribution in [0.5, 0.6) is 0 Å². The first-order chi connectivity index (χ1) is 15.4. The highest BCUT2D eigenvalue weighted by Gasteiger charge is 2.39. The van der Waals surface area contributed by atoms with E-state index in [1.165, 1.54) is 49.4 Å². The van der Waals surface area contributed by atoms with E-state index in [0.29, 0.717) is 21.3 Å². The van der Waals surface area contributed by atoms with Crippen molar-refractivity contribution in [2.24, 2.45) is 0 Å². The van der Waals surface area contributed by atoms with Crippen molar-refractivity contribution in [3.8, 4) is 0 Å². The van der Waals surface area contributed by atoms with Crippen LogP contribution in [-0.2, 0) is 14.6 Å². The topological polar surface area (TPSA) is 75.3 Å². The molecule has 174 valence electrons. The fraction of sp³-hybridized carbons (Fsp3) is 0.136. The Hall–Kier alpha value is -2.75. The minimum Gasteiger partial charge on any atom is -0.354 e. The molecule has 0 saturated heterocycles.